The molecule has 9 aromatic carbocycles. The number of ether oxygens (including phenoxy) is 2. The van der Waals surface area contributed by atoms with Crippen molar-refractivity contribution >= 4 is 10.8 Å². The molecule has 12 rings (SSSR count). The minimum atomic E-state index is -0.554. The normalized spacial score (nSPS) is 13.0. The summed E-state index contributed by atoms with van der Waals surface area (Å²) < 4.78 is 13.9. The SMILES string of the molecule is c1ccc(-c2nc(-c3ccccc3-c3cccc4c3Oc3cc5c(cc3O4)C(c3ccccc3)(c3ccccc3)c3ccccc3-5)nc(-c3cccc4ccccc34)n2)cc1. The highest BCUT2D eigenvalue weighted by Gasteiger charge is 2.47. The first-order chi connectivity index (χ1) is 30.2. The van der Waals surface area contributed by atoms with Crippen molar-refractivity contribution in [1.82, 2.24) is 15.0 Å². The van der Waals surface area contributed by atoms with Gasteiger partial charge in [0.15, 0.2) is 40.5 Å². The van der Waals surface area contributed by atoms with Gasteiger partial charge in [0.05, 0.1) is 5.41 Å². The fourth-order valence-electron chi connectivity index (χ4n) is 9.42. The van der Waals surface area contributed by atoms with Crippen molar-refractivity contribution in [3.8, 4) is 79.4 Å². The van der Waals surface area contributed by atoms with E-state index in [1.165, 1.54) is 22.3 Å². The number of fused-ring (bicyclic) bond motifs is 6. The van der Waals surface area contributed by atoms with Crippen LogP contribution in [0.5, 0.6) is 23.0 Å². The van der Waals surface area contributed by atoms with E-state index in [1.54, 1.807) is 0 Å². The summed E-state index contributed by atoms with van der Waals surface area (Å²) in [4.78, 5) is 15.4. The van der Waals surface area contributed by atoms with E-state index in [0.29, 0.717) is 40.5 Å². The third-order valence-electron chi connectivity index (χ3n) is 12.1. The van der Waals surface area contributed by atoms with Gasteiger partial charge < -0.3 is 9.47 Å². The van der Waals surface area contributed by atoms with Gasteiger partial charge in [0.2, 0.25) is 0 Å². The van der Waals surface area contributed by atoms with Crippen molar-refractivity contribution in [2.75, 3.05) is 0 Å². The molecule has 5 nitrogen and oxygen atoms in total. The van der Waals surface area contributed by atoms with Crippen LogP contribution < -0.4 is 9.47 Å². The van der Waals surface area contributed by atoms with Crippen LogP contribution in [0.3, 0.4) is 0 Å². The Hall–Kier alpha value is -8.15. The lowest BCUT2D eigenvalue weighted by Gasteiger charge is -2.34. The Kier molecular flexibility index (Phi) is 8.00. The minimum absolute atomic E-state index is 0.554. The molecule has 1 aromatic heterocycles. The molecule has 61 heavy (non-hydrogen) atoms. The molecular weight excluding hydrogens is 747 g/mol. The lowest BCUT2D eigenvalue weighted by Crippen LogP contribution is -2.28. The second-order valence-corrected chi connectivity index (χ2v) is 15.5. The molecule has 0 saturated heterocycles. The number of hydrogen-bond acceptors (Lipinski definition) is 5. The van der Waals surface area contributed by atoms with E-state index in [0.717, 1.165) is 49.7 Å². The van der Waals surface area contributed by atoms with Crippen LogP contribution in [-0.4, -0.2) is 15.0 Å². The van der Waals surface area contributed by atoms with Crippen molar-refractivity contribution in [2.24, 2.45) is 0 Å². The first-order valence-corrected chi connectivity index (χ1v) is 20.5. The molecule has 2 aliphatic rings. The fourth-order valence-corrected chi connectivity index (χ4v) is 9.42. The number of aromatic nitrogens is 3. The van der Waals surface area contributed by atoms with Crippen LogP contribution in [0, 0.1) is 0 Å². The maximum absolute atomic E-state index is 7.03. The van der Waals surface area contributed by atoms with Crippen molar-refractivity contribution in [2.45, 2.75) is 5.41 Å². The van der Waals surface area contributed by atoms with E-state index >= 15 is 0 Å². The van der Waals surface area contributed by atoms with Gasteiger partial charge in [0.1, 0.15) is 0 Å². The van der Waals surface area contributed by atoms with Gasteiger partial charge >= 0.3 is 0 Å². The lowest BCUT2D eigenvalue weighted by molar-refractivity contribution is 0.360. The Morgan fingerprint density at radius 1 is 0.328 bits per heavy atom. The summed E-state index contributed by atoms with van der Waals surface area (Å²) in [5.41, 5.74) is 11.0. The smallest absolute Gasteiger partial charge is 0.177 e. The average Bonchev–Trinajstić information content (AvgIpc) is 3.62. The van der Waals surface area contributed by atoms with E-state index in [4.69, 9.17) is 24.4 Å². The maximum atomic E-state index is 7.03. The Labute approximate surface area is 353 Å². The highest BCUT2D eigenvalue weighted by atomic mass is 16.6. The van der Waals surface area contributed by atoms with Crippen molar-refractivity contribution < 1.29 is 9.47 Å². The van der Waals surface area contributed by atoms with E-state index in [-0.39, 0.29) is 0 Å². The van der Waals surface area contributed by atoms with Crippen LogP contribution in [0.1, 0.15) is 22.3 Å². The summed E-state index contributed by atoms with van der Waals surface area (Å²) in [6, 6.07) is 73.6. The van der Waals surface area contributed by atoms with Crippen LogP contribution in [-0.2, 0) is 5.41 Å². The maximum Gasteiger partial charge on any atom is 0.177 e. The van der Waals surface area contributed by atoms with Crippen LogP contribution in [0.4, 0.5) is 0 Å². The number of nitrogens with zero attached hydrogens (tertiary/aromatic N) is 3. The molecule has 0 amide bonds. The zero-order chi connectivity index (χ0) is 40.3. The van der Waals surface area contributed by atoms with E-state index in [1.807, 2.05) is 54.6 Å². The molecule has 0 bridgehead atoms. The third kappa shape index (κ3) is 5.52. The van der Waals surface area contributed by atoms with E-state index in [9.17, 15) is 0 Å². The second kappa shape index (κ2) is 14.0. The molecule has 5 heteroatoms. The predicted molar refractivity (Wildman–Crippen MR) is 243 cm³/mol. The average molecular weight is 782 g/mol. The van der Waals surface area contributed by atoms with Crippen molar-refractivity contribution in [1.29, 1.82) is 0 Å². The van der Waals surface area contributed by atoms with Crippen LogP contribution in [0.15, 0.2) is 212 Å². The van der Waals surface area contributed by atoms with Gasteiger partial charge in [0, 0.05) is 22.3 Å². The molecule has 0 unspecified atom stereocenters. The Bertz CT molecular complexity index is 3270. The summed E-state index contributed by atoms with van der Waals surface area (Å²) in [5.74, 6) is 4.38. The standard InChI is InChI=1S/C56H35N3O2/c1-4-19-37(20-5-1)53-57-54(44-31-16-21-36-18-10-11-26-40(36)44)59-55(58-53)45-29-13-12-27-41(45)43-30-17-33-49-52(43)61-50-34-46-42-28-14-15-32-47(42)56(38-22-6-2-7-23-38,39-24-8-3-9-25-39)48(46)35-51(50)60-49/h1-35H. The molecule has 0 radical (unpaired) electrons. The summed E-state index contributed by atoms with van der Waals surface area (Å²) >= 11 is 0. The number of hydrogen-bond donors (Lipinski definition) is 0. The van der Waals surface area contributed by atoms with Gasteiger partial charge in [-0.05, 0) is 67.9 Å². The van der Waals surface area contributed by atoms with Crippen molar-refractivity contribution in [3.05, 3.63) is 235 Å². The first kappa shape index (κ1) is 34.9. The summed E-state index contributed by atoms with van der Waals surface area (Å²) in [5, 5.41) is 2.20. The van der Waals surface area contributed by atoms with Gasteiger partial charge in [-0.15, -0.1) is 0 Å². The molecule has 286 valence electrons. The van der Waals surface area contributed by atoms with Crippen LogP contribution in [0.2, 0.25) is 0 Å². The Morgan fingerprint density at radius 2 is 0.869 bits per heavy atom. The molecule has 10 aromatic rings. The Balaban J connectivity index is 1.01. The minimum Gasteiger partial charge on any atom is -0.449 e. The Morgan fingerprint density at radius 3 is 1.64 bits per heavy atom. The monoisotopic (exact) mass is 781 g/mol. The fraction of sp³-hybridized carbons (Fsp3) is 0.0179. The number of para-hydroxylation sites is 1. The van der Waals surface area contributed by atoms with Crippen LogP contribution >= 0.6 is 0 Å². The van der Waals surface area contributed by atoms with Crippen LogP contribution in [0.25, 0.3) is 67.2 Å². The van der Waals surface area contributed by atoms with E-state index < -0.39 is 5.41 Å². The van der Waals surface area contributed by atoms with Gasteiger partial charge in [-0.1, -0.05) is 194 Å². The summed E-state index contributed by atoms with van der Waals surface area (Å²) in [6.07, 6.45) is 0. The topological polar surface area (TPSA) is 57.1 Å². The van der Waals surface area contributed by atoms with E-state index in [2.05, 4.69) is 158 Å². The van der Waals surface area contributed by atoms with Crippen molar-refractivity contribution in [3.63, 3.8) is 0 Å². The second-order valence-electron chi connectivity index (χ2n) is 15.5. The summed E-state index contributed by atoms with van der Waals surface area (Å²) in [6.45, 7) is 0. The highest BCUT2D eigenvalue weighted by molar-refractivity contribution is 5.96. The van der Waals surface area contributed by atoms with Gasteiger partial charge in [-0.2, -0.15) is 0 Å². The predicted octanol–water partition coefficient (Wildman–Crippen LogP) is 14.0. The van der Waals surface area contributed by atoms with Gasteiger partial charge in [-0.3, -0.25) is 0 Å². The third-order valence-corrected chi connectivity index (χ3v) is 12.1. The zero-order valence-corrected chi connectivity index (χ0v) is 32.9. The van der Waals surface area contributed by atoms with Gasteiger partial charge in [0.25, 0.3) is 0 Å². The van der Waals surface area contributed by atoms with Gasteiger partial charge in [-0.25, -0.2) is 15.0 Å². The first-order valence-electron chi connectivity index (χ1n) is 20.5. The molecule has 2 heterocycles. The lowest BCUT2D eigenvalue weighted by atomic mass is 9.67. The molecule has 0 fully saturated rings. The zero-order valence-electron chi connectivity index (χ0n) is 32.9. The molecule has 1 aliphatic heterocycles. The molecule has 0 atom stereocenters. The number of rotatable bonds is 6. The molecule has 0 spiro atoms. The summed E-state index contributed by atoms with van der Waals surface area (Å²) in [7, 11) is 0. The molecule has 0 N–H and O–H groups in total. The quantitative estimate of drug-likeness (QED) is 0.168. The number of benzene rings is 9. The largest absolute Gasteiger partial charge is 0.449 e. The molecule has 1 aliphatic carbocycles. The highest BCUT2D eigenvalue weighted by Crippen LogP contribution is 2.60. The molecular formula is C56H35N3O2. The molecule has 0 saturated carbocycles.